The predicted molar refractivity (Wildman–Crippen MR) is 83.7 cm³/mol. The number of fused-ring (bicyclic) bond motifs is 5. The first-order chi connectivity index (χ1) is 10.7. The third-order valence-corrected chi connectivity index (χ3v) is 4.88. The summed E-state index contributed by atoms with van der Waals surface area (Å²) in [5.74, 6) is 2.06. The number of phenols is 1. The Bertz CT molecular complexity index is 741. The van der Waals surface area contributed by atoms with Crippen LogP contribution in [0.5, 0.6) is 17.2 Å². The van der Waals surface area contributed by atoms with Gasteiger partial charge in [0.15, 0.2) is 11.5 Å². The van der Waals surface area contributed by atoms with Crippen LogP contribution in [0.25, 0.3) is 0 Å². The molecule has 0 bridgehead atoms. The summed E-state index contributed by atoms with van der Waals surface area (Å²) in [7, 11) is 3.28. The lowest BCUT2D eigenvalue weighted by molar-refractivity contribution is 0.371. The molecule has 2 aliphatic rings. The van der Waals surface area contributed by atoms with Gasteiger partial charge in [0.25, 0.3) is 0 Å². The zero-order chi connectivity index (χ0) is 15.3. The SMILES string of the molecule is COc1ccc2c(c1)CNC1c3cc(OC)c(O)cc3CC21. The molecule has 22 heavy (non-hydrogen) atoms. The summed E-state index contributed by atoms with van der Waals surface area (Å²) in [5.41, 5.74) is 5.11. The number of hydrogen-bond donors (Lipinski definition) is 2. The second-order valence-electron chi connectivity index (χ2n) is 5.96. The summed E-state index contributed by atoms with van der Waals surface area (Å²) in [4.78, 5) is 0. The summed E-state index contributed by atoms with van der Waals surface area (Å²) in [5, 5.41) is 13.6. The van der Waals surface area contributed by atoms with E-state index in [9.17, 15) is 5.11 Å². The molecule has 0 saturated heterocycles. The number of ether oxygens (including phenoxy) is 2. The van der Waals surface area contributed by atoms with Crippen molar-refractivity contribution >= 4 is 0 Å². The van der Waals surface area contributed by atoms with Gasteiger partial charge in [0.1, 0.15) is 5.75 Å². The molecule has 4 heteroatoms. The third kappa shape index (κ3) is 1.87. The molecule has 0 saturated carbocycles. The van der Waals surface area contributed by atoms with Crippen LogP contribution in [0.3, 0.4) is 0 Å². The number of methoxy groups -OCH3 is 2. The summed E-state index contributed by atoms with van der Waals surface area (Å²) < 4.78 is 10.6. The molecule has 2 aromatic carbocycles. The molecule has 4 rings (SSSR count). The van der Waals surface area contributed by atoms with Crippen LogP contribution in [0, 0.1) is 0 Å². The number of nitrogens with one attached hydrogen (secondary N) is 1. The molecule has 4 nitrogen and oxygen atoms in total. The summed E-state index contributed by atoms with van der Waals surface area (Å²) in [6.45, 7) is 0.830. The summed E-state index contributed by atoms with van der Waals surface area (Å²) in [6, 6.07) is 10.4. The molecule has 1 heterocycles. The highest BCUT2D eigenvalue weighted by Gasteiger charge is 2.38. The van der Waals surface area contributed by atoms with E-state index in [0.29, 0.717) is 11.7 Å². The Labute approximate surface area is 129 Å². The fraction of sp³-hybridized carbons (Fsp3) is 0.333. The van der Waals surface area contributed by atoms with E-state index in [2.05, 4.69) is 17.4 Å². The van der Waals surface area contributed by atoms with Gasteiger partial charge in [-0.25, -0.2) is 0 Å². The van der Waals surface area contributed by atoms with Gasteiger partial charge in [0.2, 0.25) is 0 Å². The van der Waals surface area contributed by atoms with Crippen molar-refractivity contribution in [2.75, 3.05) is 14.2 Å². The van der Waals surface area contributed by atoms with Crippen molar-refractivity contribution in [3.05, 3.63) is 52.6 Å². The van der Waals surface area contributed by atoms with Gasteiger partial charge in [0, 0.05) is 18.5 Å². The van der Waals surface area contributed by atoms with Gasteiger partial charge in [-0.05, 0) is 52.9 Å². The van der Waals surface area contributed by atoms with E-state index in [1.165, 1.54) is 22.3 Å². The van der Waals surface area contributed by atoms with Gasteiger partial charge in [-0.15, -0.1) is 0 Å². The predicted octanol–water partition coefficient (Wildman–Crippen LogP) is 2.89. The van der Waals surface area contributed by atoms with Crippen LogP contribution in [0.1, 0.15) is 34.2 Å². The number of rotatable bonds is 2. The molecule has 2 aromatic rings. The largest absolute Gasteiger partial charge is 0.504 e. The molecule has 2 atom stereocenters. The van der Waals surface area contributed by atoms with Crippen molar-refractivity contribution in [1.82, 2.24) is 5.32 Å². The standard InChI is InChI=1S/C18H19NO3/c1-21-12-3-4-13-11(5-12)9-19-18-14-8-17(22-2)16(20)7-10(14)6-15(13)18/h3-5,7-8,15,18-20H,6,9H2,1-2H3. The molecule has 0 fully saturated rings. The average Bonchev–Trinajstić information content (AvgIpc) is 2.90. The third-order valence-electron chi connectivity index (χ3n) is 4.88. The van der Waals surface area contributed by atoms with Gasteiger partial charge >= 0.3 is 0 Å². The maximum atomic E-state index is 10.0. The normalized spacial score (nSPS) is 21.7. The highest BCUT2D eigenvalue weighted by atomic mass is 16.5. The maximum absolute atomic E-state index is 10.0. The topological polar surface area (TPSA) is 50.7 Å². The minimum absolute atomic E-state index is 0.217. The second-order valence-corrected chi connectivity index (χ2v) is 5.96. The molecular formula is C18H19NO3. The van der Waals surface area contributed by atoms with Crippen molar-refractivity contribution in [1.29, 1.82) is 0 Å². The minimum Gasteiger partial charge on any atom is -0.504 e. The Hall–Kier alpha value is -2.20. The van der Waals surface area contributed by atoms with Crippen molar-refractivity contribution < 1.29 is 14.6 Å². The van der Waals surface area contributed by atoms with Crippen molar-refractivity contribution in [2.45, 2.75) is 24.9 Å². The Morgan fingerprint density at radius 3 is 2.68 bits per heavy atom. The molecular weight excluding hydrogens is 278 g/mol. The molecule has 0 spiro atoms. The Morgan fingerprint density at radius 2 is 1.91 bits per heavy atom. The van der Waals surface area contributed by atoms with E-state index in [1.54, 1.807) is 14.2 Å². The van der Waals surface area contributed by atoms with Gasteiger partial charge in [-0.3, -0.25) is 0 Å². The lowest BCUT2D eigenvalue weighted by Gasteiger charge is -2.30. The lowest BCUT2D eigenvalue weighted by Crippen LogP contribution is -2.30. The van der Waals surface area contributed by atoms with E-state index in [4.69, 9.17) is 9.47 Å². The van der Waals surface area contributed by atoms with Crippen LogP contribution in [0.15, 0.2) is 30.3 Å². The lowest BCUT2D eigenvalue weighted by atomic mass is 9.85. The summed E-state index contributed by atoms with van der Waals surface area (Å²) in [6.07, 6.45) is 0.934. The van der Waals surface area contributed by atoms with E-state index < -0.39 is 0 Å². The first-order valence-electron chi connectivity index (χ1n) is 7.51. The molecule has 0 aromatic heterocycles. The van der Waals surface area contributed by atoms with Crippen LogP contribution >= 0.6 is 0 Å². The smallest absolute Gasteiger partial charge is 0.160 e. The van der Waals surface area contributed by atoms with Gasteiger partial charge in [0.05, 0.1) is 14.2 Å². The van der Waals surface area contributed by atoms with E-state index in [-0.39, 0.29) is 11.8 Å². The molecule has 1 aliphatic heterocycles. The van der Waals surface area contributed by atoms with Gasteiger partial charge < -0.3 is 19.9 Å². The monoisotopic (exact) mass is 297 g/mol. The van der Waals surface area contributed by atoms with E-state index in [1.807, 2.05) is 18.2 Å². The first-order valence-corrected chi connectivity index (χ1v) is 7.51. The average molecular weight is 297 g/mol. The molecule has 0 amide bonds. The molecule has 2 N–H and O–H groups in total. The highest BCUT2D eigenvalue weighted by Crippen LogP contribution is 2.49. The van der Waals surface area contributed by atoms with Crippen molar-refractivity contribution in [3.8, 4) is 17.2 Å². The second kappa shape index (κ2) is 4.92. The van der Waals surface area contributed by atoms with Crippen LogP contribution in [0.4, 0.5) is 0 Å². The molecule has 0 radical (unpaired) electrons. The molecule has 114 valence electrons. The molecule has 1 aliphatic carbocycles. The maximum Gasteiger partial charge on any atom is 0.160 e. The van der Waals surface area contributed by atoms with Crippen LogP contribution in [0.2, 0.25) is 0 Å². The van der Waals surface area contributed by atoms with E-state index in [0.717, 1.165) is 18.7 Å². The summed E-state index contributed by atoms with van der Waals surface area (Å²) >= 11 is 0. The number of aromatic hydroxyl groups is 1. The minimum atomic E-state index is 0.217. The van der Waals surface area contributed by atoms with Crippen molar-refractivity contribution in [2.24, 2.45) is 0 Å². The van der Waals surface area contributed by atoms with Crippen molar-refractivity contribution in [3.63, 3.8) is 0 Å². The molecule has 2 unspecified atom stereocenters. The fourth-order valence-electron chi connectivity index (χ4n) is 3.81. The van der Waals surface area contributed by atoms with Gasteiger partial charge in [-0.1, -0.05) is 6.07 Å². The van der Waals surface area contributed by atoms with Crippen LogP contribution in [-0.4, -0.2) is 19.3 Å². The quantitative estimate of drug-likeness (QED) is 0.895. The fourth-order valence-corrected chi connectivity index (χ4v) is 3.81. The highest BCUT2D eigenvalue weighted by molar-refractivity contribution is 5.54. The first kappa shape index (κ1) is 13.5. The van der Waals surface area contributed by atoms with Crippen LogP contribution < -0.4 is 14.8 Å². The Morgan fingerprint density at radius 1 is 1.05 bits per heavy atom. The Balaban J connectivity index is 1.77. The van der Waals surface area contributed by atoms with Gasteiger partial charge in [-0.2, -0.15) is 0 Å². The Kier molecular flexibility index (Phi) is 3.01. The zero-order valence-electron chi connectivity index (χ0n) is 12.7. The zero-order valence-corrected chi connectivity index (χ0v) is 12.7. The number of phenolic OH excluding ortho intramolecular Hbond substituents is 1. The van der Waals surface area contributed by atoms with E-state index >= 15 is 0 Å². The van der Waals surface area contributed by atoms with Crippen LogP contribution in [-0.2, 0) is 13.0 Å². The number of hydrogen-bond acceptors (Lipinski definition) is 4. The number of benzene rings is 2.